The minimum Gasteiger partial charge on any atom is -0.381 e. The molecule has 2 atom stereocenters. The van der Waals surface area contributed by atoms with Crippen molar-refractivity contribution in [1.29, 1.82) is 0 Å². The van der Waals surface area contributed by atoms with Crippen LogP contribution in [0.25, 0.3) is 0 Å². The molecule has 1 aromatic heterocycles. The number of nitrogens with zero attached hydrogens (tertiary/aromatic N) is 2. The van der Waals surface area contributed by atoms with E-state index in [1.54, 1.807) is 6.20 Å². The highest BCUT2D eigenvalue weighted by Gasteiger charge is 2.24. The third-order valence-corrected chi connectivity index (χ3v) is 3.47. The SMILES string of the molecule is CCCNc1cnc(C(=O)NC(C)C2CCOC2)cn1. The molecule has 110 valence electrons. The van der Waals surface area contributed by atoms with Crippen molar-refractivity contribution >= 4 is 11.7 Å². The van der Waals surface area contributed by atoms with Crippen LogP contribution in [0.3, 0.4) is 0 Å². The third kappa shape index (κ3) is 3.90. The number of carbonyl (C=O) groups is 1. The minimum absolute atomic E-state index is 0.0877. The largest absolute Gasteiger partial charge is 0.381 e. The van der Waals surface area contributed by atoms with Gasteiger partial charge in [-0.2, -0.15) is 0 Å². The van der Waals surface area contributed by atoms with Gasteiger partial charge in [-0.3, -0.25) is 4.79 Å². The highest BCUT2D eigenvalue weighted by Crippen LogP contribution is 2.16. The number of hydrogen-bond donors (Lipinski definition) is 2. The van der Waals surface area contributed by atoms with Crippen LogP contribution in [0.2, 0.25) is 0 Å². The summed E-state index contributed by atoms with van der Waals surface area (Å²) in [4.78, 5) is 20.4. The van der Waals surface area contributed by atoms with Crippen molar-refractivity contribution in [2.24, 2.45) is 5.92 Å². The van der Waals surface area contributed by atoms with Gasteiger partial charge in [0.1, 0.15) is 11.5 Å². The van der Waals surface area contributed by atoms with Crippen molar-refractivity contribution in [2.45, 2.75) is 32.7 Å². The van der Waals surface area contributed by atoms with Crippen molar-refractivity contribution < 1.29 is 9.53 Å². The molecule has 0 radical (unpaired) electrons. The van der Waals surface area contributed by atoms with E-state index in [1.165, 1.54) is 6.20 Å². The molecule has 0 bridgehead atoms. The summed E-state index contributed by atoms with van der Waals surface area (Å²) in [5.41, 5.74) is 0.345. The van der Waals surface area contributed by atoms with Gasteiger partial charge < -0.3 is 15.4 Å². The molecule has 0 saturated carbocycles. The van der Waals surface area contributed by atoms with Crippen LogP contribution in [0.4, 0.5) is 5.82 Å². The van der Waals surface area contributed by atoms with Crippen LogP contribution in [-0.2, 0) is 4.74 Å². The van der Waals surface area contributed by atoms with E-state index in [-0.39, 0.29) is 11.9 Å². The number of hydrogen-bond acceptors (Lipinski definition) is 5. The fraction of sp³-hybridized carbons (Fsp3) is 0.643. The Labute approximate surface area is 119 Å². The molecule has 2 N–H and O–H groups in total. The lowest BCUT2D eigenvalue weighted by molar-refractivity contribution is 0.0917. The Balaban J connectivity index is 1.88. The maximum atomic E-state index is 12.1. The normalized spacial score (nSPS) is 19.6. The summed E-state index contributed by atoms with van der Waals surface area (Å²) in [6.07, 6.45) is 5.11. The Kier molecular flexibility index (Phi) is 5.29. The van der Waals surface area contributed by atoms with Crippen LogP contribution < -0.4 is 10.6 Å². The summed E-state index contributed by atoms with van der Waals surface area (Å²) in [5.74, 6) is 0.900. The first-order valence-electron chi connectivity index (χ1n) is 7.15. The van der Waals surface area contributed by atoms with Crippen molar-refractivity contribution in [3.05, 3.63) is 18.1 Å². The molecule has 6 heteroatoms. The average Bonchev–Trinajstić information content (AvgIpc) is 3.00. The molecular formula is C14H22N4O2. The Morgan fingerprint density at radius 2 is 2.35 bits per heavy atom. The van der Waals surface area contributed by atoms with Crippen LogP contribution in [-0.4, -0.2) is 41.7 Å². The fourth-order valence-electron chi connectivity index (χ4n) is 2.14. The minimum atomic E-state index is -0.182. The molecule has 20 heavy (non-hydrogen) atoms. The Bertz CT molecular complexity index is 429. The molecule has 1 fully saturated rings. The monoisotopic (exact) mass is 278 g/mol. The molecule has 2 rings (SSSR count). The van der Waals surface area contributed by atoms with E-state index >= 15 is 0 Å². The summed E-state index contributed by atoms with van der Waals surface area (Å²) in [5, 5.41) is 6.08. The Morgan fingerprint density at radius 3 is 2.95 bits per heavy atom. The van der Waals surface area contributed by atoms with E-state index in [2.05, 4.69) is 27.5 Å². The lowest BCUT2D eigenvalue weighted by Crippen LogP contribution is -2.38. The van der Waals surface area contributed by atoms with Gasteiger partial charge in [-0.15, -0.1) is 0 Å². The van der Waals surface area contributed by atoms with Crippen molar-refractivity contribution in [3.63, 3.8) is 0 Å². The second-order valence-electron chi connectivity index (χ2n) is 5.10. The summed E-state index contributed by atoms with van der Waals surface area (Å²) >= 11 is 0. The van der Waals surface area contributed by atoms with Gasteiger partial charge in [-0.25, -0.2) is 9.97 Å². The predicted octanol–water partition coefficient (Wildman–Crippen LogP) is 1.45. The standard InChI is InChI=1S/C14H22N4O2/c1-3-5-15-13-8-16-12(7-17-13)14(19)18-10(2)11-4-6-20-9-11/h7-8,10-11H,3-6,9H2,1-2H3,(H,15,17)(H,18,19). The van der Waals surface area contributed by atoms with E-state index in [4.69, 9.17) is 4.74 Å². The first kappa shape index (κ1) is 14.7. The predicted molar refractivity (Wildman–Crippen MR) is 76.7 cm³/mol. The first-order valence-corrected chi connectivity index (χ1v) is 7.15. The van der Waals surface area contributed by atoms with E-state index < -0.39 is 0 Å². The van der Waals surface area contributed by atoms with Crippen LogP contribution in [0.15, 0.2) is 12.4 Å². The molecule has 6 nitrogen and oxygen atoms in total. The molecule has 0 spiro atoms. The molecular weight excluding hydrogens is 256 g/mol. The second-order valence-corrected chi connectivity index (χ2v) is 5.10. The molecule has 0 aliphatic carbocycles. The maximum Gasteiger partial charge on any atom is 0.271 e. The van der Waals surface area contributed by atoms with Crippen molar-refractivity contribution in [3.8, 4) is 0 Å². The summed E-state index contributed by atoms with van der Waals surface area (Å²) in [7, 11) is 0. The summed E-state index contributed by atoms with van der Waals surface area (Å²) in [6.45, 7) is 6.42. The molecule has 2 unspecified atom stereocenters. The third-order valence-electron chi connectivity index (χ3n) is 3.47. The van der Waals surface area contributed by atoms with Crippen LogP contribution >= 0.6 is 0 Å². The lowest BCUT2D eigenvalue weighted by atomic mass is 10.0. The summed E-state index contributed by atoms with van der Waals surface area (Å²) < 4.78 is 5.33. The number of ether oxygens (including phenoxy) is 1. The lowest BCUT2D eigenvalue weighted by Gasteiger charge is -2.18. The van der Waals surface area contributed by atoms with Crippen molar-refractivity contribution in [2.75, 3.05) is 25.1 Å². The molecule has 1 aliphatic rings. The molecule has 1 aliphatic heterocycles. The van der Waals surface area contributed by atoms with E-state index in [0.717, 1.165) is 26.0 Å². The van der Waals surface area contributed by atoms with Gasteiger partial charge in [0.25, 0.3) is 5.91 Å². The van der Waals surface area contributed by atoms with E-state index in [9.17, 15) is 4.79 Å². The van der Waals surface area contributed by atoms with Gasteiger partial charge in [0.15, 0.2) is 0 Å². The van der Waals surface area contributed by atoms with Gasteiger partial charge in [-0.1, -0.05) is 6.92 Å². The van der Waals surface area contributed by atoms with Gasteiger partial charge >= 0.3 is 0 Å². The van der Waals surface area contributed by atoms with Gasteiger partial charge in [0.2, 0.25) is 0 Å². The van der Waals surface area contributed by atoms with E-state index in [1.807, 2.05) is 6.92 Å². The van der Waals surface area contributed by atoms with Crippen LogP contribution in [0, 0.1) is 5.92 Å². The molecule has 0 aromatic carbocycles. The fourth-order valence-corrected chi connectivity index (χ4v) is 2.14. The number of rotatable bonds is 6. The Morgan fingerprint density at radius 1 is 1.50 bits per heavy atom. The number of carbonyl (C=O) groups excluding carboxylic acids is 1. The number of aromatic nitrogens is 2. The topological polar surface area (TPSA) is 76.1 Å². The maximum absolute atomic E-state index is 12.1. The van der Waals surface area contributed by atoms with Gasteiger partial charge in [0, 0.05) is 25.1 Å². The molecule has 2 heterocycles. The van der Waals surface area contributed by atoms with E-state index in [0.29, 0.717) is 24.0 Å². The van der Waals surface area contributed by atoms with Crippen LogP contribution in [0.5, 0.6) is 0 Å². The molecule has 1 aromatic rings. The zero-order valence-electron chi connectivity index (χ0n) is 12.1. The van der Waals surface area contributed by atoms with Crippen LogP contribution in [0.1, 0.15) is 37.2 Å². The number of amides is 1. The number of nitrogens with one attached hydrogen (secondary N) is 2. The molecule has 1 amide bonds. The molecule has 1 saturated heterocycles. The van der Waals surface area contributed by atoms with Gasteiger partial charge in [-0.05, 0) is 19.8 Å². The quantitative estimate of drug-likeness (QED) is 0.823. The highest BCUT2D eigenvalue weighted by atomic mass is 16.5. The highest BCUT2D eigenvalue weighted by molar-refractivity contribution is 5.92. The van der Waals surface area contributed by atoms with Crippen molar-refractivity contribution in [1.82, 2.24) is 15.3 Å². The van der Waals surface area contributed by atoms with Gasteiger partial charge in [0.05, 0.1) is 19.0 Å². The smallest absolute Gasteiger partial charge is 0.271 e. The zero-order valence-corrected chi connectivity index (χ0v) is 12.1. The first-order chi connectivity index (χ1) is 9.70. The summed E-state index contributed by atoms with van der Waals surface area (Å²) in [6, 6.07) is 0.0877. The second kappa shape index (κ2) is 7.19. The number of anilines is 1. The Hall–Kier alpha value is -1.69. The average molecular weight is 278 g/mol. The zero-order chi connectivity index (χ0) is 14.4.